The Morgan fingerprint density at radius 2 is 1.43 bits per heavy atom. The fourth-order valence-electron chi connectivity index (χ4n) is 1.01. The van der Waals surface area contributed by atoms with Crippen molar-refractivity contribution in [2.45, 2.75) is 19.3 Å². The summed E-state index contributed by atoms with van der Waals surface area (Å²) in [5.41, 5.74) is 1.29. The Hall–Kier alpha value is -1.35. The standard InChI is InChI=1S/C9H12O.5CO.W/c1-10-8-4-7-9-5-2-3-6-9;5*1-2;/h5H,2-3,6,8H2,1H3;;;;;;. The summed E-state index contributed by atoms with van der Waals surface area (Å²) in [6.07, 6.45) is 5.85. The van der Waals surface area contributed by atoms with Crippen molar-refractivity contribution in [2.24, 2.45) is 0 Å². The van der Waals surface area contributed by atoms with Gasteiger partial charge < -0.3 is 4.74 Å². The molecule has 0 aromatic rings. The molecule has 0 unspecified atom stereocenters. The van der Waals surface area contributed by atoms with E-state index in [0.717, 1.165) is 6.42 Å². The zero-order valence-electron chi connectivity index (χ0n) is 11.3. The molecule has 0 fully saturated rings. The molecule has 0 heterocycles. The van der Waals surface area contributed by atoms with E-state index in [1.54, 1.807) is 7.11 Å². The van der Waals surface area contributed by atoms with Crippen LogP contribution < -0.4 is 0 Å². The van der Waals surface area contributed by atoms with Crippen LogP contribution in [0.3, 0.4) is 0 Å². The molecule has 1 aliphatic rings. The molecule has 0 bridgehead atoms. The zero-order valence-corrected chi connectivity index (χ0v) is 14.2. The van der Waals surface area contributed by atoms with Crippen molar-refractivity contribution in [1.29, 1.82) is 0 Å². The van der Waals surface area contributed by atoms with Crippen molar-refractivity contribution in [2.75, 3.05) is 13.7 Å². The molecule has 0 N–H and O–H groups in total. The molecule has 0 aromatic carbocycles. The van der Waals surface area contributed by atoms with Crippen molar-refractivity contribution < 1.29 is 49.1 Å². The molecular formula is C14H12O6W. The van der Waals surface area contributed by atoms with E-state index in [0.29, 0.717) is 6.61 Å². The van der Waals surface area contributed by atoms with E-state index in [2.05, 4.69) is 51.2 Å². The van der Waals surface area contributed by atoms with Gasteiger partial charge in [-0.25, -0.2) is 0 Å². The van der Waals surface area contributed by atoms with Crippen LogP contribution in [0, 0.1) is 45.1 Å². The number of ether oxygens (including phenoxy) is 1. The minimum absolute atomic E-state index is 0. The van der Waals surface area contributed by atoms with E-state index in [-0.39, 0.29) is 21.1 Å². The molecule has 21 heavy (non-hydrogen) atoms. The topological polar surface area (TPSA) is 109 Å². The first kappa shape index (κ1) is 36.7. The summed E-state index contributed by atoms with van der Waals surface area (Å²) < 4.78 is 42.3. The molecular weight excluding hydrogens is 448 g/mol. The van der Waals surface area contributed by atoms with Crippen LogP contribution in [0.4, 0.5) is 0 Å². The number of methoxy groups -OCH3 is 1. The van der Waals surface area contributed by atoms with E-state index in [1.165, 1.54) is 18.4 Å². The van der Waals surface area contributed by atoms with Gasteiger partial charge in [0.1, 0.15) is 6.61 Å². The minimum Gasteiger partial charge on any atom is 0 e. The van der Waals surface area contributed by atoms with Gasteiger partial charge in [0.2, 0.25) is 0 Å². The molecule has 6 nitrogen and oxygen atoms in total. The third kappa shape index (κ3) is 45.6. The molecule has 0 aliphatic heterocycles. The van der Waals surface area contributed by atoms with E-state index in [4.69, 9.17) is 28.0 Å². The number of hydrogen-bond donors (Lipinski definition) is 0. The summed E-state index contributed by atoms with van der Waals surface area (Å²) in [5.74, 6) is 6.01. The molecule has 0 saturated heterocycles. The zero-order chi connectivity index (χ0) is 17.2. The summed E-state index contributed by atoms with van der Waals surface area (Å²) in [4.78, 5) is 0. The Balaban J connectivity index is -0.0000000440. The van der Waals surface area contributed by atoms with Crippen LogP contribution in [-0.4, -0.2) is 13.7 Å². The maximum atomic E-state index is 7.50. The monoisotopic (exact) mass is 460 g/mol. The van der Waals surface area contributed by atoms with Crippen LogP contribution in [0.5, 0.6) is 0 Å². The van der Waals surface area contributed by atoms with Crippen molar-refractivity contribution in [1.82, 2.24) is 0 Å². The molecule has 7 heteroatoms. The Labute approximate surface area is 139 Å². The molecule has 0 aromatic heterocycles. The Morgan fingerprint density at radius 3 is 1.71 bits per heavy atom. The fraction of sp³-hybridized carbons (Fsp3) is 0.357. The second kappa shape index (κ2) is 62.4. The van der Waals surface area contributed by atoms with Gasteiger partial charge >= 0.3 is 56.5 Å². The summed E-state index contributed by atoms with van der Waals surface area (Å²) in [7, 11) is 1.66. The average molecular weight is 460 g/mol. The van der Waals surface area contributed by atoms with Crippen LogP contribution in [0.25, 0.3) is 0 Å². The molecule has 1 rings (SSSR count). The quantitative estimate of drug-likeness (QED) is 0.331. The normalized spacial score (nSPS) is 8.05. The van der Waals surface area contributed by atoms with Gasteiger partial charge in [-0.3, -0.25) is 0 Å². The molecule has 0 atom stereocenters. The number of allylic oxidation sites excluding steroid dienone is 2. The van der Waals surface area contributed by atoms with Gasteiger partial charge in [-0.2, -0.15) is 0 Å². The summed E-state index contributed by atoms with van der Waals surface area (Å²) >= 11 is 0. The first-order valence-electron chi connectivity index (χ1n) is 4.62. The smallest absolute Gasteiger partial charge is 0 e. The Kier molecular flexibility index (Phi) is 109. The van der Waals surface area contributed by atoms with Crippen molar-refractivity contribution in [3.05, 3.63) is 44.9 Å². The maximum absolute atomic E-state index is 7.50. The van der Waals surface area contributed by atoms with Gasteiger partial charge in [0.25, 0.3) is 0 Å². The summed E-state index contributed by atoms with van der Waals surface area (Å²) in [6.45, 7) is 23.1. The van der Waals surface area contributed by atoms with Gasteiger partial charge in [0.15, 0.2) is 0 Å². The molecule has 0 amide bonds. The van der Waals surface area contributed by atoms with E-state index in [9.17, 15) is 0 Å². The van der Waals surface area contributed by atoms with Crippen LogP contribution in [0.1, 0.15) is 19.3 Å². The second-order valence-corrected chi connectivity index (χ2v) is 2.36. The van der Waals surface area contributed by atoms with Crippen LogP contribution >= 0.6 is 0 Å². The predicted molar refractivity (Wildman–Crippen MR) is 61.2 cm³/mol. The van der Waals surface area contributed by atoms with E-state index >= 15 is 0 Å². The van der Waals surface area contributed by atoms with Crippen molar-refractivity contribution >= 4 is 0 Å². The van der Waals surface area contributed by atoms with Crippen LogP contribution in [0.15, 0.2) is 11.6 Å². The second-order valence-electron chi connectivity index (χ2n) is 2.36. The van der Waals surface area contributed by atoms with E-state index in [1.807, 2.05) is 0 Å². The third-order valence-electron chi connectivity index (χ3n) is 1.51. The first-order chi connectivity index (χ1) is 9.93. The van der Waals surface area contributed by atoms with Gasteiger partial charge in [0.05, 0.1) is 0 Å². The molecule has 0 saturated carbocycles. The molecule has 110 valence electrons. The van der Waals surface area contributed by atoms with Gasteiger partial charge in [-0.1, -0.05) is 17.9 Å². The Bertz CT molecular complexity index is 330. The third-order valence-corrected chi connectivity index (χ3v) is 1.51. The number of rotatable bonds is 1. The van der Waals surface area contributed by atoms with Crippen LogP contribution in [-0.2, 0) is 49.1 Å². The van der Waals surface area contributed by atoms with Gasteiger partial charge in [-0.05, 0) is 24.8 Å². The fourth-order valence-corrected chi connectivity index (χ4v) is 1.01. The predicted octanol–water partition coefficient (Wildman–Crippen LogP) is 1.56. The van der Waals surface area contributed by atoms with E-state index < -0.39 is 0 Å². The SMILES string of the molecule is COCC#CC1=CCCC1.[C-]#[O+].[C-]#[O+].[C-]#[O+].[C-]#[O+].[C-]#[O+].[W]. The molecule has 0 radical (unpaired) electrons. The summed E-state index contributed by atoms with van der Waals surface area (Å²) in [5, 5.41) is 0. The number of hydrogen-bond acceptors (Lipinski definition) is 1. The average Bonchev–Trinajstić information content (AvgIpc) is 3.11. The molecule has 1 aliphatic carbocycles. The first-order valence-corrected chi connectivity index (χ1v) is 4.62. The largest absolute Gasteiger partial charge is 0 e. The minimum atomic E-state index is 0. The summed E-state index contributed by atoms with van der Waals surface area (Å²) in [6, 6.07) is 0. The maximum Gasteiger partial charge on any atom is 0 e. The van der Waals surface area contributed by atoms with Crippen LogP contribution in [0.2, 0.25) is 0 Å². The van der Waals surface area contributed by atoms with Gasteiger partial charge in [0, 0.05) is 28.2 Å². The van der Waals surface area contributed by atoms with Crippen molar-refractivity contribution in [3.63, 3.8) is 0 Å². The van der Waals surface area contributed by atoms with Crippen molar-refractivity contribution in [3.8, 4) is 11.8 Å². The Morgan fingerprint density at radius 1 is 1.00 bits per heavy atom. The molecule has 0 spiro atoms. The van der Waals surface area contributed by atoms with Gasteiger partial charge in [-0.15, -0.1) is 0 Å².